The maximum Gasteiger partial charge on any atom is 0.244 e. The Balaban J connectivity index is 2.11. The first-order chi connectivity index (χ1) is 10.4. The summed E-state index contributed by atoms with van der Waals surface area (Å²) < 4.78 is 0. The van der Waals surface area contributed by atoms with Crippen LogP contribution >= 0.6 is 0 Å². The van der Waals surface area contributed by atoms with Crippen LogP contribution in [-0.4, -0.2) is 21.4 Å². The van der Waals surface area contributed by atoms with Gasteiger partial charge in [-0.1, -0.05) is 13.3 Å². The summed E-state index contributed by atoms with van der Waals surface area (Å²) in [7, 11) is 0. The number of amides is 1. The Morgan fingerprint density at radius 1 is 1.27 bits per heavy atom. The summed E-state index contributed by atoms with van der Waals surface area (Å²) in [5, 5.41) is 2.85. The molecule has 1 aromatic heterocycles. The van der Waals surface area contributed by atoms with Gasteiger partial charge in [0.05, 0.1) is 5.54 Å². The van der Waals surface area contributed by atoms with Crippen molar-refractivity contribution in [2.45, 2.75) is 39.2 Å². The fraction of sp³-hybridized carbons (Fsp3) is 0.353. The van der Waals surface area contributed by atoms with E-state index in [0.717, 1.165) is 17.7 Å². The minimum absolute atomic E-state index is 0.172. The Morgan fingerprint density at radius 2 is 1.95 bits per heavy atom. The summed E-state index contributed by atoms with van der Waals surface area (Å²) in [6.07, 6.45) is 3.25. The van der Waals surface area contributed by atoms with Crippen LogP contribution < -0.4 is 11.1 Å². The third kappa shape index (κ3) is 3.89. The molecule has 0 fully saturated rings. The summed E-state index contributed by atoms with van der Waals surface area (Å²) in [5.41, 5.74) is 7.71. The van der Waals surface area contributed by atoms with Crippen molar-refractivity contribution in [1.29, 1.82) is 0 Å². The van der Waals surface area contributed by atoms with Crippen molar-refractivity contribution in [2.24, 2.45) is 5.73 Å². The number of hydrogen-bond acceptors (Lipinski definition) is 4. The molecular weight excluding hydrogens is 276 g/mol. The van der Waals surface area contributed by atoms with Gasteiger partial charge < -0.3 is 11.1 Å². The molecule has 1 amide bonds. The van der Waals surface area contributed by atoms with Crippen molar-refractivity contribution >= 4 is 11.6 Å². The largest absolute Gasteiger partial charge is 0.325 e. The predicted molar refractivity (Wildman–Crippen MR) is 88.3 cm³/mol. The van der Waals surface area contributed by atoms with Gasteiger partial charge in [0, 0.05) is 23.1 Å². The predicted octanol–water partition coefficient (Wildman–Crippen LogP) is 2.91. The molecule has 0 saturated carbocycles. The van der Waals surface area contributed by atoms with Crippen molar-refractivity contribution in [2.75, 3.05) is 5.32 Å². The number of anilines is 1. The molecule has 1 aromatic carbocycles. The minimum Gasteiger partial charge on any atom is -0.325 e. The molecule has 0 aliphatic rings. The van der Waals surface area contributed by atoms with Crippen molar-refractivity contribution in [3.8, 4) is 11.4 Å². The van der Waals surface area contributed by atoms with Gasteiger partial charge in [-0.05, 0) is 50.6 Å². The molecule has 0 spiro atoms. The third-order valence-electron chi connectivity index (χ3n) is 3.48. The second kappa shape index (κ2) is 6.66. The SMILES string of the molecule is CCCC(C)(N)C(=O)Nc1ccc(-c2nccc(C)n2)cc1. The summed E-state index contributed by atoms with van der Waals surface area (Å²) in [4.78, 5) is 20.8. The number of nitrogens with one attached hydrogen (secondary N) is 1. The Hall–Kier alpha value is -2.27. The van der Waals surface area contributed by atoms with E-state index in [1.54, 1.807) is 13.1 Å². The second-order valence-corrected chi connectivity index (χ2v) is 5.72. The van der Waals surface area contributed by atoms with E-state index in [9.17, 15) is 4.79 Å². The number of carbonyl (C=O) groups is 1. The first kappa shape index (κ1) is 16.1. The van der Waals surface area contributed by atoms with E-state index in [1.807, 2.05) is 44.2 Å². The molecule has 116 valence electrons. The molecule has 1 unspecified atom stereocenters. The second-order valence-electron chi connectivity index (χ2n) is 5.72. The van der Waals surface area contributed by atoms with Crippen molar-refractivity contribution in [1.82, 2.24) is 9.97 Å². The molecule has 0 aliphatic carbocycles. The van der Waals surface area contributed by atoms with Crippen LogP contribution in [0.4, 0.5) is 5.69 Å². The number of nitrogens with two attached hydrogens (primary N) is 1. The molecule has 0 aliphatic heterocycles. The summed E-state index contributed by atoms with van der Waals surface area (Å²) >= 11 is 0. The van der Waals surface area contributed by atoms with Crippen LogP contribution in [0.25, 0.3) is 11.4 Å². The molecule has 5 heteroatoms. The van der Waals surface area contributed by atoms with Crippen LogP contribution in [0.2, 0.25) is 0 Å². The zero-order chi connectivity index (χ0) is 16.2. The highest BCUT2D eigenvalue weighted by Gasteiger charge is 2.27. The molecule has 0 radical (unpaired) electrons. The monoisotopic (exact) mass is 298 g/mol. The quantitative estimate of drug-likeness (QED) is 0.889. The van der Waals surface area contributed by atoms with Gasteiger partial charge in [0.25, 0.3) is 0 Å². The van der Waals surface area contributed by atoms with Gasteiger partial charge in [0.2, 0.25) is 5.91 Å². The first-order valence-corrected chi connectivity index (χ1v) is 7.43. The molecule has 5 nitrogen and oxygen atoms in total. The molecule has 3 N–H and O–H groups in total. The van der Waals surface area contributed by atoms with E-state index in [2.05, 4.69) is 15.3 Å². The zero-order valence-electron chi connectivity index (χ0n) is 13.3. The molecule has 2 aromatic rings. The van der Waals surface area contributed by atoms with Gasteiger partial charge in [-0.2, -0.15) is 0 Å². The van der Waals surface area contributed by atoms with E-state index < -0.39 is 5.54 Å². The highest BCUT2D eigenvalue weighted by Crippen LogP contribution is 2.19. The van der Waals surface area contributed by atoms with E-state index in [4.69, 9.17) is 5.73 Å². The average Bonchev–Trinajstić information content (AvgIpc) is 2.48. The number of rotatable bonds is 5. The molecule has 0 bridgehead atoms. The standard InChI is InChI=1S/C17H22N4O/c1-4-10-17(3,18)16(22)21-14-7-5-13(6-8-14)15-19-11-9-12(2)20-15/h5-9,11H,4,10,18H2,1-3H3,(H,21,22). The summed E-state index contributed by atoms with van der Waals surface area (Å²) in [6, 6.07) is 9.30. The van der Waals surface area contributed by atoms with Crippen LogP contribution in [0.3, 0.4) is 0 Å². The molecule has 1 atom stereocenters. The lowest BCUT2D eigenvalue weighted by molar-refractivity contribution is -0.120. The molecule has 1 heterocycles. The highest BCUT2D eigenvalue weighted by atomic mass is 16.2. The number of hydrogen-bond donors (Lipinski definition) is 2. The van der Waals surface area contributed by atoms with Crippen LogP contribution in [0, 0.1) is 6.92 Å². The third-order valence-corrected chi connectivity index (χ3v) is 3.48. The fourth-order valence-electron chi connectivity index (χ4n) is 2.20. The van der Waals surface area contributed by atoms with Gasteiger partial charge in [-0.3, -0.25) is 4.79 Å². The normalized spacial score (nSPS) is 13.5. The molecule has 0 saturated heterocycles. The fourth-order valence-corrected chi connectivity index (χ4v) is 2.20. The van der Waals surface area contributed by atoms with Crippen LogP contribution in [0.5, 0.6) is 0 Å². The van der Waals surface area contributed by atoms with Gasteiger partial charge in [-0.15, -0.1) is 0 Å². The van der Waals surface area contributed by atoms with E-state index >= 15 is 0 Å². The van der Waals surface area contributed by atoms with E-state index in [0.29, 0.717) is 17.9 Å². The minimum atomic E-state index is -0.854. The number of benzene rings is 1. The van der Waals surface area contributed by atoms with Gasteiger partial charge in [0.15, 0.2) is 5.82 Å². The Morgan fingerprint density at radius 3 is 2.55 bits per heavy atom. The van der Waals surface area contributed by atoms with Crippen molar-refractivity contribution in [3.63, 3.8) is 0 Å². The lowest BCUT2D eigenvalue weighted by Crippen LogP contribution is -2.48. The van der Waals surface area contributed by atoms with Crippen molar-refractivity contribution < 1.29 is 4.79 Å². The Bertz CT molecular complexity index is 650. The zero-order valence-corrected chi connectivity index (χ0v) is 13.3. The highest BCUT2D eigenvalue weighted by molar-refractivity contribution is 5.97. The van der Waals surface area contributed by atoms with Crippen molar-refractivity contribution in [3.05, 3.63) is 42.2 Å². The molecule has 22 heavy (non-hydrogen) atoms. The average molecular weight is 298 g/mol. The number of nitrogens with zero attached hydrogens (tertiary/aromatic N) is 2. The first-order valence-electron chi connectivity index (χ1n) is 7.43. The molecular formula is C17H22N4O. The lowest BCUT2D eigenvalue weighted by Gasteiger charge is -2.22. The maximum atomic E-state index is 12.2. The summed E-state index contributed by atoms with van der Waals surface area (Å²) in [5.74, 6) is 0.501. The summed E-state index contributed by atoms with van der Waals surface area (Å²) in [6.45, 7) is 5.69. The van der Waals surface area contributed by atoms with Gasteiger partial charge in [0.1, 0.15) is 0 Å². The topological polar surface area (TPSA) is 80.9 Å². The Labute approximate surface area is 131 Å². The van der Waals surface area contributed by atoms with Crippen LogP contribution in [0.1, 0.15) is 32.4 Å². The van der Waals surface area contributed by atoms with Crippen LogP contribution in [-0.2, 0) is 4.79 Å². The van der Waals surface area contributed by atoms with Gasteiger partial charge in [-0.25, -0.2) is 9.97 Å². The smallest absolute Gasteiger partial charge is 0.244 e. The lowest BCUT2D eigenvalue weighted by atomic mass is 9.96. The maximum absolute atomic E-state index is 12.2. The van der Waals surface area contributed by atoms with E-state index in [1.165, 1.54) is 0 Å². The number of aromatic nitrogens is 2. The number of carbonyl (C=O) groups excluding carboxylic acids is 1. The van der Waals surface area contributed by atoms with Crippen LogP contribution in [0.15, 0.2) is 36.5 Å². The Kier molecular flexibility index (Phi) is 4.88. The van der Waals surface area contributed by atoms with E-state index in [-0.39, 0.29) is 5.91 Å². The molecule has 2 rings (SSSR count). The number of aryl methyl sites for hydroxylation is 1. The van der Waals surface area contributed by atoms with Gasteiger partial charge >= 0.3 is 0 Å².